The van der Waals surface area contributed by atoms with Gasteiger partial charge in [0.2, 0.25) is 0 Å². The minimum Gasteiger partial charge on any atom is -0.339 e. The van der Waals surface area contributed by atoms with Crippen LogP contribution in [0.25, 0.3) is 10.9 Å². The Hall–Kier alpha value is -3.93. The molecule has 1 N–H and O–H groups in total. The number of anilines is 1. The summed E-state index contributed by atoms with van der Waals surface area (Å²) in [5.74, 6) is -0.573. The lowest BCUT2D eigenvalue weighted by molar-refractivity contribution is 0.0792. The maximum atomic E-state index is 14.3. The van der Waals surface area contributed by atoms with Gasteiger partial charge in [0.25, 0.3) is 11.8 Å². The number of carbonyl (C=O) groups is 2. The van der Waals surface area contributed by atoms with Gasteiger partial charge < -0.3 is 14.8 Å². The van der Waals surface area contributed by atoms with Gasteiger partial charge in [0.1, 0.15) is 11.5 Å². The molecule has 0 bridgehead atoms. The maximum Gasteiger partial charge on any atom is 0.272 e. The largest absolute Gasteiger partial charge is 0.339 e. The van der Waals surface area contributed by atoms with Crippen LogP contribution in [0.5, 0.6) is 0 Å². The molecule has 33 heavy (non-hydrogen) atoms. The highest BCUT2D eigenvalue weighted by Crippen LogP contribution is 2.23. The van der Waals surface area contributed by atoms with E-state index in [0.29, 0.717) is 22.5 Å². The summed E-state index contributed by atoms with van der Waals surface area (Å²) in [6.07, 6.45) is 2.08. The SMILES string of the molecule is O=C(Nc1ccc(C(=O)N2CCCC2)cc1)c1cc2ccccc2n1Cc1ccccc1F. The number of aromatic nitrogens is 1. The molecule has 1 aromatic heterocycles. The first kappa shape index (κ1) is 20.9. The summed E-state index contributed by atoms with van der Waals surface area (Å²) in [6.45, 7) is 1.83. The smallest absolute Gasteiger partial charge is 0.272 e. The first-order chi connectivity index (χ1) is 16.1. The Balaban J connectivity index is 1.40. The van der Waals surface area contributed by atoms with Crippen molar-refractivity contribution in [2.45, 2.75) is 19.4 Å². The topological polar surface area (TPSA) is 54.3 Å². The van der Waals surface area contributed by atoms with E-state index in [9.17, 15) is 14.0 Å². The fourth-order valence-corrected chi connectivity index (χ4v) is 4.36. The molecule has 0 unspecified atom stereocenters. The predicted octanol–water partition coefficient (Wildman–Crippen LogP) is 5.32. The zero-order chi connectivity index (χ0) is 22.8. The molecule has 166 valence electrons. The molecule has 5 rings (SSSR count). The van der Waals surface area contributed by atoms with Crippen LogP contribution in [0, 0.1) is 5.82 Å². The van der Waals surface area contributed by atoms with E-state index in [-0.39, 0.29) is 24.2 Å². The zero-order valence-electron chi connectivity index (χ0n) is 18.1. The van der Waals surface area contributed by atoms with Gasteiger partial charge in [-0.15, -0.1) is 0 Å². The van der Waals surface area contributed by atoms with Crippen molar-refractivity contribution in [3.8, 4) is 0 Å². The number of rotatable bonds is 5. The average molecular weight is 442 g/mol. The van der Waals surface area contributed by atoms with E-state index in [0.717, 1.165) is 36.8 Å². The van der Waals surface area contributed by atoms with Crippen LogP contribution in [0.15, 0.2) is 78.9 Å². The highest BCUT2D eigenvalue weighted by Gasteiger charge is 2.20. The molecule has 2 heterocycles. The highest BCUT2D eigenvalue weighted by atomic mass is 19.1. The second-order valence-electron chi connectivity index (χ2n) is 8.30. The molecule has 0 saturated carbocycles. The minimum atomic E-state index is -0.306. The quantitative estimate of drug-likeness (QED) is 0.456. The molecule has 5 nitrogen and oxygen atoms in total. The van der Waals surface area contributed by atoms with Crippen molar-refractivity contribution in [2.75, 3.05) is 18.4 Å². The molecule has 6 heteroatoms. The lowest BCUT2D eigenvalue weighted by Gasteiger charge is -2.15. The van der Waals surface area contributed by atoms with Gasteiger partial charge in [-0.3, -0.25) is 9.59 Å². The number of nitrogens with one attached hydrogen (secondary N) is 1. The van der Waals surface area contributed by atoms with E-state index >= 15 is 0 Å². The van der Waals surface area contributed by atoms with Crippen LogP contribution in [0.1, 0.15) is 39.3 Å². The van der Waals surface area contributed by atoms with E-state index in [1.807, 2.05) is 39.8 Å². The number of carbonyl (C=O) groups excluding carboxylic acids is 2. The van der Waals surface area contributed by atoms with Crippen LogP contribution < -0.4 is 5.32 Å². The third-order valence-electron chi connectivity index (χ3n) is 6.11. The molecule has 1 saturated heterocycles. The van der Waals surface area contributed by atoms with Crippen molar-refractivity contribution < 1.29 is 14.0 Å². The second kappa shape index (κ2) is 8.90. The van der Waals surface area contributed by atoms with Gasteiger partial charge in [0.05, 0.1) is 6.54 Å². The summed E-state index contributed by atoms with van der Waals surface area (Å²) in [5.41, 5.74) is 3.02. The van der Waals surface area contributed by atoms with Gasteiger partial charge in [-0.1, -0.05) is 36.4 Å². The molecule has 0 aliphatic carbocycles. The maximum absolute atomic E-state index is 14.3. The first-order valence-corrected chi connectivity index (χ1v) is 11.1. The molecule has 2 amide bonds. The summed E-state index contributed by atoms with van der Waals surface area (Å²) in [4.78, 5) is 27.6. The Labute approximate surface area is 191 Å². The lowest BCUT2D eigenvalue weighted by atomic mass is 10.2. The summed E-state index contributed by atoms with van der Waals surface area (Å²) < 4.78 is 16.2. The normalized spacial score (nSPS) is 13.4. The zero-order valence-corrected chi connectivity index (χ0v) is 18.1. The number of likely N-dealkylation sites (tertiary alicyclic amines) is 1. The summed E-state index contributed by atoms with van der Waals surface area (Å²) in [5, 5.41) is 3.83. The molecular formula is C27H24FN3O2. The van der Waals surface area contributed by atoms with Gasteiger partial charge in [-0.2, -0.15) is 0 Å². The minimum absolute atomic E-state index is 0.0235. The number of nitrogens with zero attached hydrogens (tertiary/aromatic N) is 2. The molecular weight excluding hydrogens is 417 g/mol. The van der Waals surface area contributed by atoms with E-state index in [2.05, 4.69) is 5.32 Å². The molecule has 1 aliphatic rings. The number of hydrogen-bond acceptors (Lipinski definition) is 2. The number of halogens is 1. The van der Waals surface area contributed by atoms with Crippen molar-refractivity contribution in [3.63, 3.8) is 0 Å². The van der Waals surface area contributed by atoms with Gasteiger partial charge in [0.15, 0.2) is 0 Å². The summed E-state index contributed by atoms with van der Waals surface area (Å²) in [6, 6.07) is 23.0. The predicted molar refractivity (Wildman–Crippen MR) is 127 cm³/mol. The number of hydrogen-bond donors (Lipinski definition) is 1. The molecule has 1 fully saturated rings. The van der Waals surface area contributed by atoms with E-state index in [4.69, 9.17) is 0 Å². The molecule has 0 radical (unpaired) electrons. The third kappa shape index (κ3) is 4.24. The van der Waals surface area contributed by atoms with Crippen LogP contribution in [0.3, 0.4) is 0 Å². The van der Waals surface area contributed by atoms with Crippen LogP contribution in [-0.4, -0.2) is 34.4 Å². The Morgan fingerprint density at radius 2 is 1.58 bits per heavy atom. The van der Waals surface area contributed by atoms with Crippen molar-refractivity contribution >= 4 is 28.4 Å². The molecule has 4 aromatic rings. The summed E-state index contributed by atoms with van der Waals surface area (Å²) in [7, 11) is 0. The molecule has 0 atom stereocenters. The van der Waals surface area contributed by atoms with Gasteiger partial charge >= 0.3 is 0 Å². The molecule has 1 aliphatic heterocycles. The Kier molecular flexibility index (Phi) is 5.65. The van der Waals surface area contributed by atoms with Crippen LogP contribution in [0.4, 0.5) is 10.1 Å². The number of fused-ring (bicyclic) bond motifs is 1. The Morgan fingerprint density at radius 1 is 0.879 bits per heavy atom. The summed E-state index contributed by atoms with van der Waals surface area (Å²) >= 11 is 0. The molecule has 3 aromatic carbocycles. The van der Waals surface area contributed by atoms with Crippen LogP contribution >= 0.6 is 0 Å². The van der Waals surface area contributed by atoms with Gasteiger partial charge in [-0.05, 0) is 55.3 Å². The Bertz CT molecular complexity index is 1320. The monoisotopic (exact) mass is 441 g/mol. The third-order valence-corrected chi connectivity index (χ3v) is 6.11. The van der Waals surface area contributed by atoms with Crippen molar-refractivity contribution in [1.29, 1.82) is 0 Å². The lowest BCUT2D eigenvalue weighted by Crippen LogP contribution is -2.27. The number of para-hydroxylation sites is 1. The fraction of sp³-hybridized carbons (Fsp3) is 0.185. The highest BCUT2D eigenvalue weighted by molar-refractivity contribution is 6.06. The molecule has 0 spiro atoms. The van der Waals surface area contributed by atoms with E-state index < -0.39 is 0 Å². The number of benzene rings is 3. The fourth-order valence-electron chi connectivity index (χ4n) is 4.36. The second-order valence-corrected chi connectivity index (χ2v) is 8.30. The van der Waals surface area contributed by atoms with Crippen molar-refractivity contribution in [1.82, 2.24) is 9.47 Å². The van der Waals surface area contributed by atoms with Crippen LogP contribution in [-0.2, 0) is 6.54 Å². The van der Waals surface area contributed by atoms with Crippen molar-refractivity contribution in [3.05, 3.63) is 102 Å². The average Bonchev–Trinajstić information content (AvgIpc) is 3.49. The van der Waals surface area contributed by atoms with Crippen molar-refractivity contribution in [2.24, 2.45) is 0 Å². The Morgan fingerprint density at radius 3 is 2.33 bits per heavy atom. The first-order valence-electron chi connectivity index (χ1n) is 11.1. The van der Waals surface area contributed by atoms with Gasteiger partial charge in [0, 0.05) is 40.8 Å². The van der Waals surface area contributed by atoms with Gasteiger partial charge in [-0.25, -0.2) is 4.39 Å². The van der Waals surface area contributed by atoms with Crippen LogP contribution in [0.2, 0.25) is 0 Å². The number of amides is 2. The van der Waals surface area contributed by atoms with E-state index in [1.54, 1.807) is 42.5 Å². The standard InChI is InChI=1S/C27H24FN3O2/c28-23-9-3-1-8-21(23)18-31-24-10-4-2-7-20(24)17-25(31)26(32)29-22-13-11-19(12-14-22)27(33)30-15-5-6-16-30/h1-4,7-14,17H,5-6,15-16,18H2,(H,29,32). The van der Waals surface area contributed by atoms with E-state index in [1.165, 1.54) is 6.07 Å².